The maximum Gasteiger partial charge on any atom is 0.302 e. The number of aliphatic hydroxyl groups excluding tert-OH is 1. The number of allylic oxidation sites excluding steroid dienone is 5. The van der Waals surface area contributed by atoms with E-state index < -0.39 is 11.5 Å². The molecule has 8 aliphatic rings. The van der Waals surface area contributed by atoms with Gasteiger partial charge in [-0.1, -0.05) is 69.6 Å². The molecule has 6 saturated carbocycles. The van der Waals surface area contributed by atoms with Crippen LogP contribution in [-0.4, -0.2) is 29.1 Å². The monoisotopic (exact) mass is 658 g/mol. The number of Topliss-reactive ketones (excluding diaryl/α,β-unsaturated/α-hetero) is 1. The van der Waals surface area contributed by atoms with Gasteiger partial charge in [0.15, 0.2) is 0 Å². The molecule has 48 heavy (non-hydrogen) atoms. The van der Waals surface area contributed by atoms with Gasteiger partial charge < -0.3 is 9.84 Å². The van der Waals surface area contributed by atoms with E-state index in [9.17, 15) is 14.7 Å². The molecule has 0 unspecified atom stereocenters. The summed E-state index contributed by atoms with van der Waals surface area (Å²) in [5.74, 6) is 5.53. The lowest BCUT2D eigenvalue weighted by Gasteiger charge is -2.59. The Morgan fingerprint density at radius 1 is 0.792 bits per heavy atom. The van der Waals surface area contributed by atoms with Gasteiger partial charge in [0.05, 0.1) is 11.5 Å². The van der Waals surface area contributed by atoms with Crippen LogP contribution >= 0.6 is 0 Å². The summed E-state index contributed by atoms with van der Waals surface area (Å²) in [7, 11) is 0. The van der Waals surface area contributed by atoms with Crippen LogP contribution in [0.2, 0.25) is 0 Å². The van der Waals surface area contributed by atoms with E-state index in [4.69, 9.17) is 4.74 Å². The molecule has 4 nitrogen and oxygen atoms in total. The van der Waals surface area contributed by atoms with Gasteiger partial charge in [0, 0.05) is 18.8 Å². The fraction of sp³-hybridized carbons (Fsp3) is 0.818. The predicted octanol–water partition coefficient (Wildman–Crippen LogP) is 10.2. The van der Waals surface area contributed by atoms with Crippen LogP contribution in [0.1, 0.15) is 145 Å². The average molecular weight is 659 g/mol. The zero-order valence-electron chi connectivity index (χ0n) is 31.6. The van der Waals surface area contributed by atoms with Crippen molar-refractivity contribution in [1.82, 2.24) is 0 Å². The van der Waals surface area contributed by atoms with Crippen molar-refractivity contribution in [1.29, 1.82) is 0 Å². The standard InChI is InChI=1S/C24H36O2.C20H30O2/c1-6-17-8-10-20-19-9-7-18-13-15(2)11-12-23(18,4)21(19)14-22(24(17,20)5)26-16(3)25;1-12-8-9-19(2)13(10-12)4-5-14-15-6-7-17(21)20(15,3)18(22)11-16(14)19/h6-7,15,19-22H,8-14H2,1-5H3;4,12,14-16,18,22H,5-11H2,1-3H3/b17-6-;/t15-,19-,20-,21-,22+,23-,24+;12-,14-,15-,16-,18+,19-,20-/m00/s1. The molecule has 0 aromatic carbocycles. The van der Waals surface area contributed by atoms with Crippen LogP contribution in [-0.2, 0) is 14.3 Å². The second-order valence-electron chi connectivity index (χ2n) is 19.2. The predicted molar refractivity (Wildman–Crippen MR) is 193 cm³/mol. The quantitative estimate of drug-likeness (QED) is 0.225. The van der Waals surface area contributed by atoms with Gasteiger partial charge in [-0.2, -0.15) is 0 Å². The smallest absolute Gasteiger partial charge is 0.302 e. The molecule has 14 atom stereocenters. The van der Waals surface area contributed by atoms with Gasteiger partial charge >= 0.3 is 5.97 Å². The Hall–Kier alpha value is -1.68. The van der Waals surface area contributed by atoms with E-state index in [0.717, 1.165) is 43.4 Å². The first-order valence-corrected chi connectivity index (χ1v) is 20.1. The molecule has 0 aliphatic heterocycles. The summed E-state index contributed by atoms with van der Waals surface area (Å²) < 4.78 is 6.04. The molecule has 6 fully saturated rings. The molecule has 8 rings (SSSR count). The average Bonchev–Trinajstić information content (AvgIpc) is 3.56. The summed E-state index contributed by atoms with van der Waals surface area (Å²) >= 11 is 0. The molecule has 0 saturated heterocycles. The van der Waals surface area contributed by atoms with Crippen molar-refractivity contribution in [3.05, 3.63) is 34.9 Å². The van der Waals surface area contributed by atoms with Crippen molar-refractivity contribution in [2.75, 3.05) is 0 Å². The topological polar surface area (TPSA) is 63.6 Å². The third-order valence-electron chi connectivity index (χ3n) is 17.1. The van der Waals surface area contributed by atoms with Gasteiger partial charge in [-0.3, -0.25) is 9.59 Å². The van der Waals surface area contributed by atoms with Crippen molar-refractivity contribution in [3.63, 3.8) is 0 Å². The highest BCUT2D eigenvalue weighted by atomic mass is 16.5. The summed E-state index contributed by atoms with van der Waals surface area (Å²) in [6.45, 7) is 18.0. The molecule has 0 heterocycles. The number of esters is 1. The van der Waals surface area contributed by atoms with Crippen LogP contribution in [0.3, 0.4) is 0 Å². The van der Waals surface area contributed by atoms with Crippen molar-refractivity contribution in [2.45, 2.75) is 157 Å². The van der Waals surface area contributed by atoms with Crippen molar-refractivity contribution < 1.29 is 19.4 Å². The molecule has 0 aromatic rings. The van der Waals surface area contributed by atoms with E-state index >= 15 is 0 Å². The number of hydrogen-bond donors (Lipinski definition) is 1. The number of ether oxygens (including phenoxy) is 1. The molecule has 0 radical (unpaired) electrons. The van der Waals surface area contributed by atoms with Crippen molar-refractivity contribution in [2.24, 2.45) is 69.0 Å². The van der Waals surface area contributed by atoms with E-state index in [0.29, 0.717) is 47.2 Å². The molecular weight excluding hydrogens is 592 g/mol. The summed E-state index contributed by atoms with van der Waals surface area (Å²) in [6, 6.07) is 0. The maximum atomic E-state index is 12.4. The van der Waals surface area contributed by atoms with E-state index in [-0.39, 0.29) is 22.9 Å². The zero-order chi connectivity index (χ0) is 34.4. The van der Waals surface area contributed by atoms with Gasteiger partial charge in [-0.05, 0) is 155 Å². The maximum absolute atomic E-state index is 12.4. The molecule has 266 valence electrons. The first-order chi connectivity index (χ1) is 22.7. The minimum absolute atomic E-state index is 0.0469. The highest BCUT2D eigenvalue weighted by Gasteiger charge is 2.63. The van der Waals surface area contributed by atoms with E-state index in [1.807, 2.05) is 0 Å². The summed E-state index contributed by atoms with van der Waals surface area (Å²) in [5.41, 5.74) is 5.11. The summed E-state index contributed by atoms with van der Waals surface area (Å²) in [6.07, 6.45) is 23.3. The minimum Gasteiger partial charge on any atom is -0.462 e. The molecule has 1 N–H and O–H groups in total. The second kappa shape index (κ2) is 12.2. The molecule has 8 aliphatic carbocycles. The third-order valence-corrected chi connectivity index (χ3v) is 17.1. The Morgan fingerprint density at radius 3 is 1.85 bits per heavy atom. The van der Waals surface area contributed by atoms with E-state index in [1.54, 1.807) is 18.1 Å². The van der Waals surface area contributed by atoms with Crippen LogP contribution < -0.4 is 0 Å². The summed E-state index contributed by atoms with van der Waals surface area (Å²) in [5, 5.41) is 10.9. The van der Waals surface area contributed by atoms with E-state index in [1.165, 1.54) is 63.4 Å². The number of rotatable bonds is 1. The molecule has 0 amide bonds. The lowest BCUT2D eigenvalue weighted by molar-refractivity contribution is -0.166. The van der Waals surface area contributed by atoms with Gasteiger partial charge in [-0.15, -0.1) is 0 Å². The molecular formula is C44H66O4. The van der Waals surface area contributed by atoms with Crippen LogP contribution in [0.5, 0.6) is 0 Å². The second-order valence-corrected chi connectivity index (χ2v) is 19.2. The van der Waals surface area contributed by atoms with Crippen LogP contribution in [0.25, 0.3) is 0 Å². The first kappa shape index (κ1) is 34.8. The Labute approximate surface area is 292 Å². The van der Waals surface area contributed by atoms with Crippen LogP contribution in [0.15, 0.2) is 34.9 Å². The van der Waals surface area contributed by atoms with Gasteiger partial charge in [0.1, 0.15) is 11.9 Å². The lowest BCUT2D eigenvalue weighted by atomic mass is 9.46. The lowest BCUT2D eigenvalue weighted by Crippen LogP contribution is -2.56. The van der Waals surface area contributed by atoms with Crippen molar-refractivity contribution >= 4 is 11.8 Å². The van der Waals surface area contributed by atoms with Gasteiger partial charge in [-0.25, -0.2) is 0 Å². The Balaban J connectivity index is 0.000000154. The number of ketones is 1. The number of hydrogen-bond acceptors (Lipinski definition) is 4. The summed E-state index contributed by atoms with van der Waals surface area (Å²) in [4.78, 5) is 24.4. The molecule has 0 aromatic heterocycles. The Bertz CT molecular complexity index is 1400. The largest absolute Gasteiger partial charge is 0.462 e. The molecule has 4 heteroatoms. The fourth-order valence-corrected chi connectivity index (χ4v) is 14.1. The van der Waals surface area contributed by atoms with E-state index in [2.05, 4.69) is 66.7 Å². The third kappa shape index (κ3) is 5.05. The fourth-order valence-electron chi connectivity index (χ4n) is 14.1. The zero-order valence-corrected chi connectivity index (χ0v) is 31.6. The van der Waals surface area contributed by atoms with Crippen LogP contribution in [0.4, 0.5) is 0 Å². The Morgan fingerprint density at radius 2 is 1.31 bits per heavy atom. The molecule has 0 bridgehead atoms. The number of carbonyl (C=O) groups is 2. The SMILES string of the molecule is C/C=C1/CC[C@H]2[C@@H]3CC=C4C[C@@H](C)CC[C@]4(C)[C@H]3C[C@@H](OC(C)=O)[C@]12C.C[C@H]1CC[C@@]2(C)C(=CC[C@H]3[C@@H]4CCC(=O)[C@@]4(C)[C@H](O)C[C@@H]32)C1. The highest BCUT2D eigenvalue weighted by molar-refractivity contribution is 5.88. The number of fused-ring (bicyclic) bond motifs is 10. The normalized spacial score (nSPS) is 51.4. The van der Waals surface area contributed by atoms with Crippen LogP contribution in [0, 0.1) is 69.0 Å². The van der Waals surface area contributed by atoms with Crippen molar-refractivity contribution in [3.8, 4) is 0 Å². The molecule has 0 spiro atoms. The van der Waals surface area contributed by atoms with Gasteiger partial charge in [0.2, 0.25) is 0 Å². The minimum atomic E-state index is -0.454. The Kier molecular flexibility index (Phi) is 8.85. The highest BCUT2D eigenvalue weighted by Crippen LogP contribution is 2.67. The number of carbonyl (C=O) groups excluding carboxylic acids is 2. The number of aliphatic hydroxyl groups is 1. The van der Waals surface area contributed by atoms with Gasteiger partial charge in [0.25, 0.3) is 0 Å². The first-order valence-electron chi connectivity index (χ1n) is 20.1.